The Kier molecular flexibility index (Phi) is 134. The first-order chi connectivity index (χ1) is 21.8. The molecule has 0 aliphatic heterocycles. The fraction of sp³-hybridized carbons (Fsp3) is 0.689. The van der Waals surface area contributed by atoms with Crippen molar-refractivity contribution in [1.29, 1.82) is 0 Å². The first-order valence-corrected chi connectivity index (χ1v) is 19.2. The smallest absolute Gasteiger partial charge is 0.0353 e. The molecule has 0 saturated heterocycles. The fourth-order valence-corrected chi connectivity index (χ4v) is 2.55. The van der Waals surface area contributed by atoms with E-state index in [4.69, 9.17) is 0 Å². The minimum absolute atomic E-state index is 1.16. The van der Waals surface area contributed by atoms with Gasteiger partial charge in [-0.25, -0.2) is 0 Å². The number of hydrogen-bond acceptors (Lipinski definition) is 0. The summed E-state index contributed by atoms with van der Waals surface area (Å²) >= 11 is 0. The van der Waals surface area contributed by atoms with Crippen LogP contribution in [0, 0.1) is 0 Å². The van der Waals surface area contributed by atoms with Crippen LogP contribution in [0.4, 0.5) is 0 Å². The largest absolute Gasteiger partial charge is 0.0917 e. The summed E-state index contributed by atoms with van der Waals surface area (Å²) in [5.74, 6) is 0. The average Bonchev–Trinajstić information content (AvgIpc) is 3.06. The Hall–Kier alpha value is -1.82. The molecule has 0 fully saturated rings. The summed E-state index contributed by atoms with van der Waals surface area (Å²) in [5.41, 5.74) is 0. The highest BCUT2D eigenvalue weighted by Crippen LogP contribution is 1.95. The number of hydrogen-bond donors (Lipinski definition) is 0. The van der Waals surface area contributed by atoms with Gasteiger partial charge in [0, 0.05) is 0 Å². The molecule has 0 radical (unpaired) electrons. The van der Waals surface area contributed by atoms with Crippen molar-refractivity contribution in [1.82, 2.24) is 0 Å². The Morgan fingerprint density at radius 2 is 0.533 bits per heavy atom. The summed E-state index contributed by atoms with van der Waals surface area (Å²) in [6, 6.07) is 0. The van der Waals surface area contributed by atoms with E-state index in [0.717, 1.165) is 12.8 Å². The molecule has 0 unspecified atom stereocenters. The molecule has 0 saturated carbocycles. The van der Waals surface area contributed by atoms with Crippen molar-refractivity contribution in [2.75, 3.05) is 0 Å². The molecule has 0 bridgehead atoms. The molecule has 0 N–H and O–H groups in total. The molecule has 0 nitrogen and oxygen atoms in total. The third-order valence-corrected chi connectivity index (χ3v) is 5.12. The maximum atomic E-state index is 2.23. The maximum Gasteiger partial charge on any atom is -0.0353 e. The van der Waals surface area contributed by atoms with Gasteiger partial charge in [-0.05, 0) is 80.1 Å². The Morgan fingerprint density at radius 1 is 0.267 bits per heavy atom. The van der Waals surface area contributed by atoms with E-state index in [1.165, 1.54) is 83.5 Å². The van der Waals surface area contributed by atoms with Gasteiger partial charge < -0.3 is 0 Å². The summed E-state index contributed by atoms with van der Waals surface area (Å²) in [5, 5.41) is 0. The van der Waals surface area contributed by atoms with Crippen molar-refractivity contribution in [2.45, 2.75) is 207 Å². The summed E-state index contributed by atoms with van der Waals surface area (Å²) < 4.78 is 0. The maximum absolute atomic E-state index is 2.23. The zero-order valence-corrected chi connectivity index (χ0v) is 34.7. The van der Waals surface area contributed by atoms with Crippen LogP contribution in [-0.2, 0) is 0 Å². The van der Waals surface area contributed by atoms with Gasteiger partial charge in [-0.2, -0.15) is 0 Å². The predicted molar refractivity (Wildman–Crippen MR) is 224 cm³/mol. The van der Waals surface area contributed by atoms with Gasteiger partial charge in [0.2, 0.25) is 0 Å². The van der Waals surface area contributed by atoms with Crippen molar-refractivity contribution in [3.63, 3.8) is 0 Å². The average molecular weight is 633 g/mol. The summed E-state index contributed by atoms with van der Waals surface area (Å²) in [7, 11) is 0. The van der Waals surface area contributed by atoms with Gasteiger partial charge in [0.15, 0.2) is 0 Å². The van der Waals surface area contributed by atoms with Gasteiger partial charge in [-0.1, -0.05) is 212 Å². The van der Waals surface area contributed by atoms with Crippen LogP contribution in [0.3, 0.4) is 0 Å². The first-order valence-electron chi connectivity index (χ1n) is 19.2. The molecule has 0 rings (SSSR count). The van der Waals surface area contributed by atoms with E-state index in [-0.39, 0.29) is 0 Å². The summed E-state index contributed by atoms with van der Waals surface area (Å²) in [6.45, 7) is 34.0. The molecule has 0 aliphatic carbocycles. The lowest BCUT2D eigenvalue weighted by molar-refractivity contribution is 0.702. The SMILES string of the molecule is C/C=C\C=C/C.C/C=C\CC.C/C=C\CC.C/C=C\CCC.C/C=C\CCC.CC/C=C\CC.CCCCC.CCCCCC. The Labute approximate surface area is 291 Å². The molecular weight excluding hydrogens is 540 g/mol. The normalized spacial score (nSPS) is 10.0. The highest BCUT2D eigenvalue weighted by Gasteiger charge is 1.75. The lowest BCUT2D eigenvalue weighted by atomic mass is 10.2. The van der Waals surface area contributed by atoms with Crippen molar-refractivity contribution >= 4 is 0 Å². The molecule has 272 valence electrons. The second kappa shape index (κ2) is 96.8. The van der Waals surface area contributed by atoms with Gasteiger partial charge >= 0.3 is 0 Å². The van der Waals surface area contributed by atoms with Gasteiger partial charge in [-0.3, -0.25) is 0 Å². The molecular formula is C45H92. The quantitative estimate of drug-likeness (QED) is 0.101. The highest BCUT2D eigenvalue weighted by atomic mass is 13.8. The second-order valence-electron chi connectivity index (χ2n) is 10.1. The monoisotopic (exact) mass is 633 g/mol. The van der Waals surface area contributed by atoms with Crippen LogP contribution in [0.5, 0.6) is 0 Å². The van der Waals surface area contributed by atoms with Crippen molar-refractivity contribution < 1.29 is 0 Å². The van der Waals surface area contributed by atoms with Gasteiger partial charge in [-0.15, -0.1) is 0 Å². The van der Waals surface area contributed by atoms with E-state index in [0.29, 0.717) is 0 Å². The van der Waals surface area contributed by atoms with Gasteiger partial charge in [0.25, 0.3) is 0 Å². The lowest BCUT2D eigenvalue weighted by Crippen LogP contribution is -1.66. The van der Waals surface area contributed by atoms with Crippen LogP contribution in [0.2, 0.25) is 0 Å². The summed E-state index contributed by atoms with van der Waals surface area (Å²) in [4.78, 5) is 0. The van der Waals surface area contributed by atoms with Crippen LogP contribution in [0.15, 0.2) is 85.1 Å². The van der Waals surface area contributed by atoms with E-state index >= 15 is 0 Å². The van der Waals surface area contributed by atoms with Crippen molar-refractivity contribution in [2.24, 2.45) is 0 Å². The minimum Gasteiger partial charge on any atom is -0.0917 e. The minimum atomic E-state index is 1.16. The molecule has 0 aromatic carbocycles. The number of unbranched alkanes of at least 4 members (excludes halogenated alkanes) is 7. The lowest BCUT2D eigenvalue weighted by Gasteiger charge is -1.86. The molecule has 45 heavy (non-hydrogen) atoms. The van der Waals surface area contributed by atoms with Crippen LogP contribution in [0.25, 0.3) is 0 Å². The molecule has 0 aromatic rings. The van der Waals surface area contributed by atoms with Gasteiger partial charge in [0.05, 0.1) is 0 Å². The Bertz CT molecular complexity index is 488. The van der Waals surface area contributed by atoms with E-state index < -0.39 is 0 Å². The Balaban J connectivity index is -0.0000000580. The first kappa shape index (κ1) is 62.1. The van der Waals surface area contributed by atoms with Gasteiger partial charge in [0.1, 0.15) is 0 Å². The van der Waals surface area contributed by atoms with Crippen LogP contribution < -0.4 is 0 Å². The molecule has 0 atom stereocenters. The molecule has 0 heteroatoms. The zero-order chi connectivity index (χ0) is 36.5. The van der Waals surface area contributed by atoms with Crippen LogP contribution in [0.1, 0.15) is 207 Å². The molecule has 0 spiro atoms. The topological polar surface area (TPSA) is 0 Å². The van der Waals surface area contributed by atoms with E-state index in [2.05, 4.69) is 144 Å². The third-order valence-electron chi connectivity index (χ3n) is 5.12. The summed E-state index contributed by atoms with van der Waals surface area (Å²) in [6.07, 6.45) is 48.5. The molecule has 0 heterocycles. The van der Waals surface area contributed by atoms with Crippen molar-refractivity contribution in [3.05, 3.63) is 85.1 Å². The number of rotatable bonds is 14. The van der Waals surface area contributed by atoms with E-state index in [1.807, 2.05) is 52.0 Å². The molecule has 0 aliphatic rings. The Morgan fingerprint density at radius 3 is 0.622 bits per heavy atom. The third kappa shape index (κ3) is 185. The zero-order valence-electron chi connectivity index (χ0n) is 34.7. The highest BCUT2D eigenvalue weighted by molar-refractivity contribution is 4.98. The second-order valence-corrected chi connectivity index (χ2v) is 10.1. The predicted octanol–water partition coefficient (Wildman–Crippen LogP) is 18.0. The standard InChI is InChI=1S/C6H14.3C6H12.C6H10.C5H12.2C5H10/c5*1-3-5-6-4-2;3*1-3-5-4-2/h3-6H2,1-2H3;5-6H,3-4H2,1-2H3;2*3,5H,4,6H2,1-2H3;3-6H,1-2H3;3-5H2,1-2H3;2*3,5H,4H2,1-2H3/b;6-5-;2*5-3-;5-3-,6-4-;;2*5-3-. The van der Waals surface area contributed by atoms with E-state index in [1.54, 1.807) is 0 Å². The fourth-order valence-electron chi connectivity index (χ4n) is 2.55. The molecule has 0 aromatic heterocycles. The number of allylic oxidation sites excluding steroid dienone is 14. The van der Waals surface area contributed by atoms with Crippen LogP contribution >= 0.6 is 0 Å². The van der Waals surface area contributed by atoms with Crippen molar-refractivity contribution in [3.8, 4) is 0 Å². The van der Waals surface area contributed by atoms with E-state index in [9.17, 15) is 0 Å². The van der Waals surface area contributed by atoms with Crippen LogP contribution in [-0.4, -0.2) is 0 Å². The molecule has 0 amide bonds.